The number of carbonyl (C=O) groups excluding carboxylic acids is 1. The van der Waals surface area contributed by atoms with Gasteiger partial charge in [0, 0.05) is 13.1 Å². The summed E-state index contributed by atoms with van der Waals surface area (Å²) in [4.78, 5) is 14.5. The number of amides is 2. The normalized spacial score (nSPS) is 13.4. The lowest BCUT2D eigenvalue weighted by molar-refractivity contribution is 0.135. The molecule has 5 nitrogen and oxygen atoms in total. The first kappa shape index (κ1) is 17.3. The summed E-state index contributed by atoms with van der Waals surface area (Å²) in [5.41, 5.74) is 6.21. The van der Waals surface area contributed by atoms with Crippen LogP contribution in [0.2, 0.25) is 0 Å². The first-order valence-corrected chi connectivity index (χ1v) is 7.44. The molecule has 21 heavy (non-hydrogen) atoms. The summed E-state index contributed by atoms with van der Waals surface area (Å²) in [5, 5.41) is 2.93. The minimum atomic E-state index is -0.345. The molecule has 0 heterocycles. The van der Waals surface area contributed by atoms with Gasteiger partial charge >= 0.3 is 6.03 Å². The molecule has 0 spiro atoms. The van der Waals surface area contributed by atoms with Crippen LogP contribution in [0.5, 0.6) is 5.75 Å². The van der Waals surface area contributed by atoms with Gasteiger partial charge in [-0.05, 0) is 31.9 Å². The van der Waals surface area contributed by atoms with E-state index in [4.69, 9.17) is 10.5 Å². The lowest BCUT2D eigenvalue weighted by Crippen LogP contribution is -2.55. The molecule has 1 unspecified atom stereocenters. The summed E-state index contributed by atoms with van der Waals surface area (Å²) in [6, 6.07) is 7.24. The number of hydrogen-bond donors (Lipinski definition) is 2. The third-order valence-electron chi connectivity index (χ3n) is 3.89. The van der Waals surface area contributed by atoms with Crippen LogP contribution >= 0.6 is 0 Å². The number of nitrogens with two attached hydrogens (primary N) is 1. The van der Waals surface area contributed by atoms with E-state index in [1.807, 2.05) is 43.0 Å². The molecule has 0 aromatic heterocycles. The first-order valence-electron chi connectivity index (χ1n) is 7.44. The molecule has 0 saturated heterocycles. The zero-order valence-electron chi connectivity index (χ0n) is 13.5. The van der Waals surface area contributed by atoms with Crippen molar-refractivity contribution in [3.05, 3.63) is 24.3 Å². The Morgan fingerprint density at radius 3 is 2.57 bits per heavy atom. The summed E-state index contributed by atoms with van der Waals surface area (Å²) in [7, 11) is 1.59. The molecule has 0 aliphatic carbocycles. The highest BCUT2D eigenvalue weighted by Crippen LogP contribution is 2.25. The molecule has 118 valence electrons. The number of para-hydroxylation sites is 2. The summed E-state index contributed by atoms with van der Waals surface area (Å²) < 4.78 is 5.27. The van der Waals surface area contributed by atoms with E-state index in [9.17, 15) is 4.79 Å². The first-order chi connectivity index (χ1) is 10.0. The zero-order valence-corrected chi connectivity index (χ0v) is 13.5. The van der Waals surface area contributed by atoms with E-state index in [-0.39, 0.29) is 11.6 Å². The number of methoxy groups -OCH3 is 1. The monoisotopic (exact) mass is 293 g/mol. The van der Waals surface area contributed by atoms with E-state index in [1.54, 1.807) is 7.11 Å². The highest BCUT2D eigenvalue weighted by Gasteiger charge is 2.32. The third-order valence-corrected chi connectivity index (χ3v) is 3.89. The van der Waals surface area contributed by atoms with E-state index in [0.29, 0.717) is 24.5 Å². The molecule has 0 radical (unpaired) electrons. The fourth-order valence-electron chi connectivity index (χ4n) is 2.22. The van der Waals surface area contributed by atoms with Crippen molar-refractivity contribution in [2.24, 2.45) is 5.73 Å². The standard InChI is InChI=1S/C16H27N3O2/c1-5-11-19(16(3,6-2)12-17)15(20)18-13-9-7-8-10-14(13)21-4/h7-10H,5-6,11-12,17H2,1-4H3,(H,18,20). The molecule has 2 amide bonds. The molecule has 0 bridgehead atoms. The quantitative estimate of drug-likeness (QED) is 0.812. The van der Waals surface area contributed by atoms with E-state index in [2.05, 4.69) is 12.2 Å². The van der Waals surface area contributed by atoms with Crippen molar-refractivity contribution in [3.63, 3.8) is 0 Å². The van der Waals surface area contributed by atoms with Gasteiger partial charge < -0.3 is 20.7 Å². The van der Waals surface area contributed by atoms with Gasteiger partial charge in [-0.25, -0.2) is 4.79 Å². The maximum atomic E-state index is 12.6. The maximum Gasteiger partial charge on any atom is 0.322 e. The minimum Gasteiger partial charge on any atom is -0.495 e. The highest BCUT2D eigenvalue weighted by atomic mass is 16.5. The van der Waals surface area contributed by atoms with Gasteiger partial charge in [-0.1, -0.05) is 26.0 Å². The van der Waals surface area contributed by atoms with Gasteiger partial charge in [0.1, 0.15) is 5.75 Å². The summed E-state index contributed by atoms with van der Waals surface area (Å²) in [6.45, 7) is 7.22. The van der Waals surface area contributed by atoms with Gasteiger partial charge in [0.2, 0.25) is 0 Å². The Labute approximate surface area is 127 Å². The Morgan fingerprint density at radius 1 is 1.38 bits per heavy atom. The van der Waals surface area contributed by atoms with Crippen LogP contribution in [0.25, 0.3) is 0 Å². The average molecular weight is 293 g/mol. The predicted octanol–water partition coefficient (Wildman–Crippen LogP) is 3.07. The largest absolute Gasteiger partial charge is 0.495 e. The van der Waals surface area contributed by atoms with Gasteiger partial charge in [-0.15, -0.1) is 0 Å². The molecule has 3 N–H and O–H groups in total. The number of nitrogens with one attached hydrogen (secondary N) is 1. The number of nitrogens with zero attached hydrogens (tertiary/aromatic N) is 1. The van der Waals surface area contributed by atoms with Crippen LogP contribution in [-0.2, 0) is 0 Å². The fourth-order valence-corrected chi connectivity index (χ4v) is 2.22. The van der Waals surface area contributed by atoms with Crippen molar-refractivity contribution in [2.75, 3.05) is 25.5 Å². The van der Waals surface area contributed by atoms with Gasteiger partial charge in [-0.3, -0.25) is 0 Å². The van der Waals surface area contributed by atoms with Gasteiger partial charge in [0.05, 0.1) is 18.3 Å². The average Bonchev–Trinajstić information content (AvgIpc) is 2.52. The molecule has 0 saturated carbocycles. The van der Waals surface area contributed by atoms with Crippen LogP contribution in [0.3, 0.4) is 0 Å². The number of benzene rings is 1. The van der Waals surface area contributed by atoms with Crippen molar-refractivity contribution in [3.8, 4) is 5.75 Å². The number of carbonyl (C=O) groups is 1. The number of anilines is 1. The Morgan fingerprint density at radius 2 is 2.05 bits per heavy atom. The molecule has 1 aromatic carbocycles. The second kappa shape index (κ2) is 7.88. The Hall–Kier alpha value is -1.75. The number of hydrogen-bond acceptors (Lipinski definition) is 3. The van der Waals surface area contributed by atoms with Gasteiger partial charge in [0.15, 0.2) is 0 Å². The number of urea groups is 1. The van der Waals surface area contributed by atoms with Crippen molar-refractivity contribution >= 4 is 11.7 Å². The molecule has 5 heteroatoms. The zero-order chi connectivity index (χ0) is 15.9. The van der Waals surface area contributed by atoms with Crippen LogP contribution in [0, 0.1) is 0 Å². The van der Waals surface area contributed by atoms with E-state index >= 15 is 0 Å². The molecule has 0 aliphatic rings. The van der Waals surface area contributed by atoms with Gasteiger partial charge in [0.25, 0.3) is 0 Å². The van der Waals surface area contributed by atoms with Crippen LogP contribution in [0.4, 0.5) is 10.5 Å². The third kappa shape index (κ3) is 4.11. The van der Waals surface area contributed by atoms with Gasteiger partial charge in [-0.2, -0.15) is 0 Å². The Balaban J connectivity index is 2.96. The van der Waals surface area contributed by atoms with Crippen molar-refractivity contribution in [2.45, 2.75) is 39.2 Å². The smallest absolute Gasteiger partial charge is 0.322 e. The second-order valence-electron chi connectivity index (χ2n) is 5.34. The minimum absolute atomic E-state index is 0.142. The fraction of sp³-hybridized carbons (Fsp3) is 0.562. The molecule has 1 aromatic rings. The van der Waals surface area contributed by atoms with Crippen LogP contribution < -0.4 is 15.8 Å². The Kier molecular flexibility index (Phi) is 6.49. The summed E-state index contributed by atoms with van der Waals surface area (Å²) >= 11 is 0. The van der Waals surface area contributed by atoms with Crippen LogP contribution in [0.1, 0.15) is 33.6 Å². The van der Waals surface area contributed by atoms with Crippen LogP contribution in [0.15, 0.2) is 24.3 Å². The molecule has 0 fully saturated rings. The molecular weight excluding hydrogens is 266 g/mol. The number of rotatable bonds is 7. The van der Waals surface area contributed by atoms with Crippen molar-refractivity contribution in [1.29, 1.82) is 0 Å². The highest BCUT2D eigenvalue weighted by molar-refractivity contribution is 5.91. The van der Waals surface area contributed by atoms with E-state index in [0.717, 1.165) is 12.8 Å². The Bertz CT molecular complexity index is 459. The lowest BCUT2D eigenvalue weighted by atomic mass is 9.96. The topological polar surface area (TPSA) is 67.6 Å². The van der Waals surface area contributed by atoms with Crippen molar-refractivity contribution < 1.29 is 9.53 Å². The summed E-state index contributed by atoms with van der Waals surface area (Å²) in [5.74, 6) is 0.647. The number of ether oxygens (including phenoxy) is 1. The molecule has 0 aliphatic heterocycles. The SMILES string of the molecule is CCCN(C(=O)Nc1ccccc1OC)C(C)(CC)CN. The van der Waals surface area contributed by atoms with E-state index < -0.39 is 0 Å². The van der Waals surface area contributed by atoms with Crippen LogP contribution in [-0.4, -0.2) is 36.7 Å². The summed E-state index contributed by atoms with van der Waals surface area (Å²) in [6.07, 6.45) is 1.69. The second-order valence-corrected chi connectivity index (χ2v) is 5.34. The molecule has 1 atom stereocenters. The molecule has 1 rings (SSSR count). The molecular formula is C16H27N3O2. The van der Waals surface area contributed by atoms with E-state index in [1.165, 1.54) is 0 Å². The maximum absolute atomic E-state index is 12.6. The van der Waals surface area contributed by atoms with Crippen molar-refractivity contribution in [1.82, 2.24) is 4.90 Å². The lowest BCUT2D eigenvalue weighted by Gasteiger charge is -2.40. The predicted molar refractivity (Wildman–Crippen MR) is 86.8 cm³/mol.